The van der Waals surface area contributed by atoms with Crippen molar-refractivity contribution in [2.24, 2.45) is 0 Å². The van der Waals surface area contributed by atoms with Gasteiger partial charge in [0.1, 0.15) is 0 Å². The molecule has 1 rings (SSSR count). The molecule has 0 aliphatic carbocycles. The second-order valence-electron chi connectivity index (χ2n) is 4.17. The summed E-state index contributed by atoms with van der Waals surface area (Å²) in [6, 6.07) is 9.15. The Hall–Kier alpha value is -0.118. The van der Waals surface area contributed by atoms with Crippen LogP contribution < -0.4 is 3.12 Å². The standard InChI is InChI=1S/C8H7.3C2H5.Pb/c1-2-8-6-4-3-5-7-8;3*1-2;/h2,4-7H,1H2;3*1H2,2H3;. The molecule has 0 atom stereocenters. The molecule has 1 heteroatoms. The van der Waals surface area contributed by atoms with Gasteiger partial charge in [-0.25, -0.2) is 0 Å². The van der Waals surface area contributed by atoms with Gasteiger partial charge in [0, 0.05) is 0 Å². The molecule has 0 radical (unpaired) electrons. The summed E-state index contributed by atoms with van der Waals surface area (Å²) in [4.78, 5) is 0. The van der Waals surface area contributed by atoms with E-state index in [2.05, 4.69) is 51.6 Å². The molecule has 0 bridgehead atoms. The molecule has 0 N–H and O–H groups in total. The van der Waals surface area contributed by atoms with Gasteiger partial charge >= 0.3 is 99.5 Å². The van der Waals surface area contributed by atoms with Crippen molar-refractivity contribution >= 4 is 30.4 Å². The molecule has 0 unspecified atom stereocenters. The summed E-state index contributed by atoms with van der Waals surface area (Å²) in [5, 5.41) is 0. The zero-order chi connectivity index (χ0) is 11.3. The molecule has 82 valence electrons. The van der Waals surface area contributed by atoms with Crippen LogP contribution in [-0.2, 0) is 0 Å². The Kier molecular flexibility index (Phi) is 5.03. The maximum absolute atomic E-state index is 3.80. The topological polar surface area (TPSA) is 0 Å². The third kappa shape index (κ3) is 2.71. The number of hydrogen-bond acceptors (Lipinski definition) is 0. The SMILES string of the molecule is C=Cc1cc[c]([Pb]([CH2]C)([CH2]C)[CH2]C)cc1. The van der Waals surface area contributed by atoms with Crippen molar-refractivity contribution in [1.29, 1.82) is 0 Å². The van der Waals surface area contributed by atoms with Crippen LogP contribution in [0, 0.1) is 0 Å². The molecule has 0 amide bonds. The van der Waals surface area contributed by atoms with Crippen molar-refractivity contribution in [2.45, 2.75) is 32.7 Å². The van der Waals surface area contributed by atoms with Gasteiger partial charge in [-0.15, -0.1) is 0 Å². The van der Waals surface area contributed by atoms with Crippen molar-refractivity contribution in [3.63, 3.8) is 0 Å². The zero-order valence-corrected chi connectivity index (χ0v) is 14.1. The third-order valence-corrected chi connectivity index (χ3v) is 25.6. The molecule has 1 aromatic rings. The van der Waals surface area contributed by atoms with Crippen LogP contribution in [0.4, 0.5) is 0 Å². The van der Waals surface area contributed by atoms with Crippen LogP contribution in [0.5, 0.6) is 0 Å². The molecule has 1 aromatic carbocycles. The average Bonchev–Trinajstić information content (AvgIpc) is 2.33. The van der Waals surface area contributed by atoms with E-state index in [-0.39, 0.29) is 0 Å². The van der Waals surface area contributed by atoms with E-state index in [1.165, 1.54) is 17.5 Å². The molecular weight excluding hydrogens is 375 g/mol. The van der Waals surface area contributed by atoms with Gasteiger partial charge in [0.05, 0.1) is 0 Å². The van der Waals surface area contributed by atoms with Gasteiger partial charge < -0.3 is 0 Å². The van der Waals surface area contributed by atoms with E-state index in [0.29, 0.717) is 0 Å². The van der Waals surface area contributed by atoms with Crippen molar-refractivity contribution < 1.29 is 0 Å². The molecule has 15 heavy (non-hydrogen) atoms. The Labute approximate surface area is 99.1 Å². The second kappa shape index (κ2) is 5.83. The van der Waals surface area contributed by atoms with E-state index >= 15 is 0 Å². The van der Waals surface area contributed by atoms with E-state index in [9.17, 15) is 0 Å². The van der Waals surface area contributed by atoms with Crippen LogP contribution in [0.2, 0.25) is 11.9 Å². The van der Waals surface area contributed by atoms with E-state index in [1.807, 2.05) is 6.08 Å². The van der Waals surface area contributed by atoms with Gasteiger partial charge in [0.25, 0.3) is 0 Å². The van der Waals surface area contributed by atoms with Crippen LogP contribution in [0.3, 0.4) is 0 Å². The fourth-order valence-corrected chi connectivity index (χ4v) is 16.3. The second-order valence-corrected chi connectivity index (χ2v) is 24.6. The molecule has 0 saturated carbocycles. The fraction of sp³-hybridized carbons (Fsp3) is 0.429. The number of rotatable bonds is 5. The molecule has 0 saturated heterocycles. The van der Waals surface area contributed by atoms with Crippen LogP contribution >= 0.6 is 0 Å². The van der Waals surface area contributed by atoms with Crippen molar-refractivity contribution in [3.05, 3.63) is 36.4 Å². The van der Waals surface area contributed by atoms with Gasteiger partial charge in [-0.3, -0.25) is 0 Å². The minimum absolute atomic E-state index is 1.24. The van der Waals surface area contributed by atoms with E-state index < -0.39 is 21.2 Å². The molecule has 0 aromatic heterocycles. The van der Waals surface area contributed by atoms with Crippen LogP contribution in [0.1, 0.15) is 26.3 Å². The summed E-state index contributed by atoms with van der Waals surface area (Å²) in [5.41, 5.74) is 1.24. The Morgan fingerprint density at radius 2 is 1.47 bits per heavy atom. The van der Waals surface area contributed by atoms with Gasteiger partial charge in [0.15, 0.2) is 0 Å². The first-order valence-corrected chi connectivity index (χ1v) is 16.1. The molecule has 0 nitrogen and oxygen atoms in total. The summed E-state index contributed by atoms with van der Waals surface area (Å²) >= 11 is -2.09. The van der Waals surface area contributed by atoms with Crippen molar-refractivity contribution in [1.82, 2.24) is 0 Å². The van der Waals surface area contributed by atoms with Crippen molar-refractivity contribution in [2.75, 3.05) is 0 Å². The minimum atomic E-state index is -2.09. The van der Waals surface area contributed by atoms with E-state index in [0.717, 1.165) is 0 Å². The predicted octanol–water partition coefficient (Wildman–Crippen LogP) is 4.05. The average molecular weight is 398 g/mol. The Morgan fingerprint density at radius 1 is 1.00 bits per heavy atom. The van der Waals surface area contributed by atoms with Crippen LogP contribution in [0.25, 0.3) is 6.08 Å². The molecule has 0 fully saturated rings. The third-order valence-electron chi connectivity index (χ3n) is 3.79. The van der Waals surface area contributed by atoms with Crippen molar-refractivity contribution in [3.8, 4) is 0 Å². The van der Waals surface area contributed by atoms with Crippen LogP contribution in [-0.4, -0.2) is 21.2 Å². The van der Waals surface area contributed by atoms with Gasteiger partial charge in [0.2, 0.25) is 0 Å². The molecule has 0 spiro atoms. The number of hydrogen-bond donors (Lipinski definition) is 0. The molecular formula is C14H22Pb. The summed E-state index contributed by atoms with van der Waals surface area (Å²) < 4.78 is 6.01. The Balaban J connectivity index is 3.06. The monoisotopic (exact) mass is 398 g/mol. The molecule has 0 heterocycles. The number of benzene rings is 1. The Morgan fingerprint density at radius 3 is 1.80 bits per heavy atom. The molecule has 0 aliphatic rings. The summed E-state index contributed by atoms with van der Waals surface area (Å²) in [6.45, 7) is 11.0. The quantitative estimate of drug-likeness (QED) is 0.658. The summed E-state index contributed by atoms with van der Waals surface area (Å²) in [5.74, 6) is 0. The fourth-order valence-electron chi connectivity index (χ4n) is 2.34. The normalized spacial score (nSPS) is 11.4. The predicted molar refractivity (Wildman–Crippen MR) is 73.4 cm³/mol. The zero-order valence-electron chi connectivity index (χ0n) is 10.2. The summed E-state index contributed by atoms with van der Waals surface area (Å²) in [6.07, 6.45) is 1.92. The first-order valence-electron chi connectivity index (χ1n) is 5.95. The van der Waals surface area contributed by atoms with E-state index in [4.69, 9.17) is 0 Å². The van der Waals surface area contributed by atoms with E-state index in [1.54, 1.807) is 3.12 Å². The first-order chi connectivity index (χ1) is 7.22. The van der Waals surface area contributed by atoms with Crippen LogP contribution in [0.15, 0.2) is 30.8 Å². The Bertz CT molecular complexity index is 298. The summed E-state index contributed by atoms with van der Waals surface area (Å²) in [7, 11) is 0. The first kappa shape index (κ1) is 12.9. The maximum atomic E-state index is 3.80. The van der Waals surface area contributed by atoms with Gasteiger partial charge in [-0.2, -0.15) is 0 Å². The van der Waals surface area contributed by atoms with Gasteiger partial charge in [-0.05, 0) is 0 Å². The molecule has 0 aliphatic heterocycles. The van der Waals surface area contributed by atoms with Gasteiger partial charge in [-0.1, -0.05) is 0 Å².